The van der Waals surface area contributed by atoms with Crippen molar-refractivity contribution < 1.29 is 23.7 Å². The van der Waals surface area contributed by atoms with Crippen LogP contribution in [0.4, 0.5) is 5.69 Å². The molecule has 6 nitrogen and oxygen atoms in total. The average Bonchev–Trinajstić information content (AvgIpc) is 3.37. The van der Waals surface area contributed by atoms with E-state index in [-0.39, 0.29) is 42.7 Å². The van der Waals surface area contributed by atoms with Crippen LogP contribution in [0.5, 0.6) is 11.5 Å². The van der Waals surface area contributed by atoms with Crippen molar-refractivity contribution in [2.24, 2.45) is 5.92 Å². The van der Waals surface area contributed by atoms with Crippen LogP contribution in [0.25, 0.3) is 0 Å². The zero-order chi connectivity index (χ0) is 21.5. The summed E-state index contributed by atoms with van der Waals surface area (Å²) in [6.45, 7) is 5.80. The van der Waals surface area contributed by atoms with E-state index in [0.29, 0.717) is 0 Å². The van der Waals surface area contributed by atoms with Gasteiger partial charge in [0.2, 0.25) is 6.79 Å². The van der Waals surface area contributed by atoms with Crippen molar-refractivity contribution >= 4 is 27.4 Å². The first kappa shape index (κ1) is 19.6. The fourth-order valence-electron chi connectivity index (χ4n) is 5.70. The summed E-state index contributed by atoms with van der Waals surface area (Å²) in [7, 11) is 0. The third kappa shape index (κ3) is 3.01. The topological polar surface area (TPSA) is 66.0 Å². The van der Waals surface area contributed by atoms with Gasteiger partial charge >= 0.3 is 0 Å². The number of fused-ring (bicyclic) bond motifs is 6. The van der Waals surface area contributed by atoms with Gasteiger partial charge in [-0.05, 0) is 74.6 Å². The minimum absolute atomic E-state index is 0.0222. The van der Waals surface area contributed by atoms with Crippen molar-refractivity contribution in [3.8, 4) is 11.5 Å². The largest absolute Gasteiger partial charge is 0.454 e. The summed E-state index contributed by atoms with van der Waals surface area (Å²) in [6.07, 6.45) is 0.855. The molecule has 7 heteroatoms. The highest BCUT2D eigenvalue weighted by molar-refractivity contribution is 9.10. The minimum atomic E-state index is -0.599. The maximum atomic E-state index is 12.1. The van der Waals surface area contributed by atoms with E-state index in [0.717, 1.165) is 44.8 Å². The fourth-order valence-corrected chi connectivity index (χ4v) is 6.27. The summed E-state index contributed by atoms with van der Waals surface area (Å²) in [5, 5.41) is 3.74. The lowest BCUT2D eigenvalue weighted by Crippen LogP contribution is -2.35. The van der Waals surface area contributed by atoms with Crippen LogP contribution in [-0.4, -0.2) is 30.6 Å². The number of nitrogens with one attached hydrogen (secondary N) is 1. The molecule has 4 aliphatic rings. The molecule has 3 heterocycles. The lowest BCUT2D eigenvalue weighted by atomic mass is 9.76. The number of rotatable bonds is 2. The van der Waals surface area contributed by atoms with E-state index in [1.165, 1.54) is 0 Å². The SMILES string of the molecule is CC(=O)c1ccc2c(c1)[C@H]1[C@H](C[C@@H]3OC(C)(C)O[C@H]13)[C@H](c1cc3c(cc1Br)OCO3)N2. The number of benzene rings is 2. The highest BCUT2D eigenvalue weighted by atomic mass is 79.9. The van der Waals surface area contributed by atoms with Crippen LogP contribution in [0, 0.1) is 5.92 Å². The molecule has 162 valence electrons. The Balaban J connectivity index is 1.47. The molecule has 31 heavy (non-hydrogen) atoms. The molecule has 3 aliphatic heterocycles. The smallest absolute Gasteiger partial charge is 0.231 e. The summed E-state index contributed by atoms with van der Waals surface area (Å²) in [5.74, 6) is 1.37. The number of ether oxygens (including phenoxy) is 4. The lowest BCUT2D eigenvalue weighted by Gasteiger charge is -2.40. The lowest BCUT2D eigenvalue weighted by molar-refractivity contribution is -0.156. The van der Waals surface area contributed by atoms with Crippen molar-refractivity contribution in [3.05, 3.63) is 51.5 Å². The summed E-state index contributed by atoms with van der Waals surface area (Å²) in [6, 6.07) is 10.0. The number of Topliss-reactive ketones (excluding diaryl/α,β-unsaturated/α-hetero) is 1. The van der Waals surface area contributed by atoms with Crippen LogP contribution >= 0.6 is 15.9 Å². The molecular formula is C24H24BrNO5. The highest BCUT2D eigenvalue weighted by Gasteiger charge is 2.57. The molecule has 0 aromatic heterocycles. The molecule has 2 aromatic carbocycles. The fraction of sp³-hybridized carbons (Fsp3) is 0.458. The second-order valence-electron chi connectivity index (χ2n) is 9.27. The second-order valence-corrected chi connectivity index (χ2v) is 10.1. The van der Waals surface area contributed by atoms with E-state index in [9.17, 15) is 4.79 Å². The number of hydrogen-bond donors (Lipinski definition) is 1. The van der Waals surface area contributed by atoms with Gasteiger partial charge in [0.05, 0.1) is 18.2 Å². The van der Waals surface area contributed by atoms with Crippen LogP contribution in [0.1, 0.15) is 60.6 Å². The van der Waals surface area contributed by atoms with Crippen LogP contribution in [0.3, 0.4) is 0 Å². The number of carbonyl (C=O) groups is 1. The molecule has 0 amide bonds. The van der Waals surface area contributed by atoms with Crippen molar-refractivity contribution in [2.75, 3.05) is 12.1 Å². The Kier molecular flexibility index (Phi) is 4.23. The van der Waals surface area contributed by atoms with Crippen molar-refractivity contribution in [1.29, 1.82) is 0 Å². The third-order valence-corrected chi connectivity index (χ3v) is 7.61. The van der Waals surface area contributed by atoms with Crippen LogP contribution in [0.2, 0.25) is 0 Å². The predicted octanol–water partition coefficient (Wildman–Crippen LogP) is 5.17. The van der Waals surface area contributed by atoms with Gasteiger partial charge in [-0.15, -0.1) is 0 Å². The normalized spacial score (nSPS) is 31.5. The van der Waals surface area contributed by atoms with Crippen molar-refractivity contribution in [2.45, 2.75) is 57.1 Å². The first-order chi connectivity index (χ1) is 14.8. The Bertz CT molecular complexity index is 1100. The summed E-state index contributed by atoms with van der Waals surface area (Å²) in [4.78, 5) is 12.1. The molecule has 0 spiro atoms. The predicted molar refractivity (Wildman–Crippen MR) is 118 cm³/mol. The van der Waals surface area contributed by atoms with E-state index < -0.39 is 5.79 Å². The average molecular weight is 486 g/mol. The number of hydrogen-bond acceptors (Lipinski definition) is 6. The summed E-state index contributed by atoms with van der Waals surface area (Å²) in [5.41, 5.74) is 4.03. The maximum absolute atomic E-state index is 12.1. The molecule has 6 rings (SSSR count). The third-order valence-electron chi connectivity index (χ3n) is 6.92. The maximum Gasteiger partial charge on any atom is 0.231 e. The molecule has 1 N–H and O–H groups in total. The van der Waals surface area contributed by atoms with Gasteiger partial charge < -0.3 is 24.3 Å². The van der Waals surface area contributed by atoms with Crippen LogP contribution in [-0.2, 0) is 9.47 Å². The molecule has 2 aromatic rings. The van der Waals surface area contributed by atoms with Crippen LogP contribution < -0.4 is 14.8 Å². The monoisotopic (exact) mass is 485 g/mol. The van der Waals surface area contributed by atoms with Gasteiger partial charge in [0, 0.05) is 21.6 Å². The zero-order valence-corrected chi connectivity index (χ0v) is 19.2. The van der Waals surface area contributed by atoms with E-state index in [1.54, 1.807) is 6.92 Å². The van der Waals surface area contributed by atoms with Gasteiger partial charge in [-0.2, -0.15) is 0 Å². The number of carbonyl (C=O) groups excluding carboxylic acids is 1. The Hall–Kier alpha value is -2.09. The van der Waals surface area contributed by atoms with Crippen molar-refractivity contribution in [1.82, 2.24) is 0 Å². The summed E-state index contributed by atoms with van der Waals surface area (Å²) < 4.78 is 24.8. The van der Waals surface area contributed by atoms with Crippen LogP contribution in [0.15, 0.2) is 34.8 Å². The first-order valence-electron chi connectivity index (χ1n) is 10.7. The molecular weight excluding hydrogens is 462 g/mol. The van der Waals surface area contributed by atoms with Gasteiger partial charge in [0.15, 0.2) is 23.1 Å². The first-order valence-corrected chi connectivity index (χ1v) is 11.5. The van der Waals surface area contributed by atoms with E-state index in [1.807, 2.05) is 38.1 Å². The van der Waals surface area contributed by atoms with Gasteiger partial charge in [0.25, 0.3) is 0 Å². The summed E-state index contributed by atoms with van der Waals surface area (Å²) >= 11 is 3.75. The molecule has 0 radical (unpaired) electrons. The number of halogens is 1. The zero-order valence-electron chi connectivity index (χ0n) is 17.6. The van der Waals surface area contributed by atoms with E-state index in [4.69, 9.17) is 18.9 Å². The van der Waals surface area contributed by atoms with E-state index in [2.05, 4.69) is 27.3 Å². The van der Waals surface area contributed by atoms with Gasteiger partial charge in [-0.3, -0.25) is 4.79 Å². The number of ketones is 1. The Morgan fingerprint density at radius 1 is 1.10 bits per heavy atom. The van der Waals surface area contributed by atoms with Gasteiger partial charge in [0.1, 0.15) is 0 Å². The molecule has 5 atom stereocenters. The molecule has 1 aliphatic carbocycles. The van der Waals surface area contributed by atoms with E-state index >= 15 is 0 Å². The Morgan fingerprint density at radius 2 is 1.87 bits per heavy atom. The van der Waals surface area contributed by atoms with Gasteiger partial charge in [-0.1, -0.05) is 15.9 Å². The number of anilines is 1. The second kappa shape index (κ2) is 6.70. The quantitative estimate of drug-likeness (QED) is 0.591. The molecule has 1 saturated heterocycles. The highest BCUT2D eigenvalue weighted by Crippen LogP contribution is 2.58. The minimum Gasteiger partial charge on any atom is -0.454 e. The molecule has 1 saturated carbocycles. The Labute approximate surface area is 189 Å². The Morgan fingerprint density at radius 3 is 2.65 bits per heavy atom. The molecule has 2 fully saturated rings. The molecule has 0 unspecified atom stereocenters. The standard InChI is InChI=1S/C24H24BrNO5/c1-11(27)12-4-5-17-14(6-12)21-15(8-20-23(21)31-24(2,3)30-20)22(26-17)13-7-18-19(9-16(13)25)29-10-28-18/h4-7,9,15,20-23,26H,8,10H2,1-3H3/t15-,20-,21-,22-,23-/m0/s1. The van der Waals surface area contributed by atoms with Crippen molar-refractivity contribution in [3.63, 3.8) is 0 Å². The molecule has 0 bridgehead atoms. The van der Waals surface area contributed by atoms with Gasteiger partial charge in [-0.25, -0.2) is 0 Å².